The summed E-state index contributed by atoms with van der Waals surface area (Å²) in [5.41, 5.74) is -0.405. The predicted molar refractivity (Wildman–Crippen MR) is 51.6 cm³/mol. The molecule has 0 atom stereocenters. The van der Waals surface area contributed by atoms with E-state index in [0.717, 1.165) is 18.2 Å². The number of hydrogen-bond acceptors (Lipinski definition) is 3. The highest BCUT2D eigenvalue weighted by atomic mass is 19.1. The number of carbonyl (C=O) groups excluding carboxylic acids is 2. The molecule has 86 valence electrons. The molecule has 0 saturated heterocycles. The Hall–Kier alpha value is -1.98. The first kappa shape index (κ1) is 12.1. The molecule has 0 aliphatic heterocycles. The maximum atomic E-state index is 13.0. The Morgan fingerprint density at radius 3 is 2.69 bits per heavy atom. The number of hydrogen-bond donors (Lipinski definition) is 1. The fourth-order valence-electron chi connectivity index (χ4n) is 0.963. The van der Waals surface area contributed by atoms with Crippen LogP contribution in [0, 0.1) is 11.6 Å². The quantitative estimate of drug-likeness (QED) is 0.617. The van der Waals surface area contributed by atoms with Crippen LogP contribution in [0.25, 0.3) is 0 Å². The molecule has 0 unspecified atom stereocenters. The SMILES string of the molecule is CCOC(=O)C(=O)Nc1cc(F)ccc1F. The number of ether oxygens (including phenoxy) is 1. The van der Waals surface area contributed by atoms with Gasteiger partial charge in [0.2, 0.25) is 0 Å². The van der Waals surface area contributed by atoms with Crippen LogP contribution in [0.4, 0.5) is 14.5 Å². The first-order chi connectivity index (χ1) is 7.54. The van der Waals surface area contributed by atoms with Gasteiger partial charge in [0.25, 0.3) is 0 Å². The third-order valence-electron chi connectivity index (χ3n) is 1.64. The maximum absolute atomic E-state index is 13.0. The molecule has 1 aromatic rings. The second-order valence-corrected chi connectivity index (χ2v) is 2.80. The van der Waals surface area contributed by atoms with E-state index in [1.54, 1.807) is 0 Å². The van der Waals surface area contributed by atoms with Gasteiger partial charge < -0.3 is 10.1 Å². The molecule has 0 fully saturated rings. The Kier molecular flexibility index (Phi) is 3.93. The lowest BCUT2D eigenvalue weighted by Gasteiger charge is -2.05. The lowest BCUT2D eigenvalue weighted by atomic mass is 10.3. The van der Waals surface area contributed by atoms with E-state index in [1.807, 2.05) is 5.32 Å². The zero-order valence-electron chi connectivity index (χ0n) is 8.42. The highest BCUT2D eigenvalue weighted by Crippen LogP contribution is 2.14. The number of nitrogens with one attached hydrogen (secondary N) is 1. The zero-order chi connectivity index (χ0) is 12.1. The van der Waals surface area contributed by atoms with Crippen molar-refractivity contribution in [1.82, 2.24) is 0 Å². The summed E-state index contributed by atoms with van der Waals surface area (Å²) < 4.78 is 30.1. The number of rotatable bonds is 2. The number of anilines is 1. The summed E-state index contributed by atoms with van der Waals surface area (Å²) in [6.07, 6.45) is 0. The molecule has 0 saturated carbocycles. The summed E-state index contributed by atoms with van der Waals surface area (Å²) in [5.74, 6) is -3.85. The normalized spacial score (nSPS) is 9.69. The number of benzene rings is 1. The van der Waals surface area contributed by atoms with E-state index in [9.17, 15) is 18.4 Å². The molecule has 0 aliphatic carbocycles. The van der Waals surface area contributed by atoms with Gasteiger partial charge in [-0.05, 0) is 19.1 Å². The van der Waals surface area contributed by atoms with Crippen LogP contribution in [-0.2, 0) is 14.3 Å². The minimum atomic E-state index is -1.15. The Labute approximate surface area is 90.2 Å². The van der Waals surface area contributed by atoms with Crippen LogP contribution >= 0.6 is 0 Å². The Morgan fingerprint density at radius 1 is 1.38 bits per heavy atom. The number of carbonyl (C=O) groups is 2. The van der Waals surface area contributed by atoms with Crippen molar-refractivity contribution in [1.29, 1.82) is 0 Å². The Bertz CT molecular complexity index is 421. The molecule has 6 heteroatoms. The van der Waals surface area contributed by atoms with Crippen molar-refractivity contribution in [2.24, 2.45) is 0 Å². The molecule has 0 spiro atoms. The van der Waals surface area contributed by atoms with Gasteiger partial charge in [0.15, 0.2) is 0 Å². The molecule has 1 N–H and O–H groups in total. The molecular formula is C10H9F2NO3. The van der Waals surface area contributed by atoms with E-state index in [2.05, 4.69) is 4.74 Å². The Balaban J connectivity index is 2.76. The maximum Gasteiger partial charge on any atom is 0.397 e. The molecule has 1 amide bonds. The summed E-state index contributed by atoms with van der Waals surface area (Å²) >= 11 is 0. The van der Waals surface area contributed by atoms with Crippen LogP contribution in [0.1, 0.15) is 6.92 Å². The van der Waals surface area contributed by atoms with Crippen molar-refractivity contribution in [3.63, 3.8) is 0 Å². The molecule has 0 bridgehead atoms. The third-order valence-corrected chi connectivity index (χ3v) is 1.64. The summed E-state index contributed by atoms with van der Waals surface area (Å²) in [6, 6.07) is 2.51. The number of amides is 1. The molecule has 0 aromatic heterocycles. The van der Waals surface area contributed by atoms with Gasteiger partial charge in [0.05, 0.1) is 12.3 Å². The minimum Gasteiger partial charge on any atom is -0.459 e. The van der Waals surface area contributed by atoms with Gasteiger partial charge in [0, 0.05) is 6.07 Å². The molecule has 0 radical (unpaired) electrons. The van der Waals surface area contributed by atoms with Crippen LogP contribution in [0.15, 0.2) is 18.2 Å². The number of esters is 1. The van der Waals surface area contributed by atoms with Gasteiger partial charge in [-0.15, -0.1) is 0 Å². The summed E-state index contributed by atoms with van der Waals surface area (Å²) in [4.78, 5) is 22.0. The van der Waals surface area contributed by atoms with Crippen molar-refractivity contribution in [3.05, 3.63) is 29.8 Å². The van der Waals surface area contributed by atoms with E-state index in [0.29, 0.717) is 0 Å². The molecule has 0 aliphatic rings. The molecule has 16 heavy (non-hydrogen) atoms. The third kappa shape index (κ3) is 3.01. The van der Waals surface area contributed by atoms with E-state index >= 15 is 0 Å². The number of halogens is 2. The highest BCUT2D eigenvalue weighted by Gasteiger charge is 2.16. The van der Waals surface area contributed by atoms with Crippen LogP contribution in [0.3, 0.4) is 0 Å². The molecule has 1 rings (SSSR count). The van der Waals surface area contributed by atoms with Gasteiger partial charge in [-0.3, -0.25) is 4.79 Å². The van der Waals surface area contributed by atoms with Crippen molar-refractivity contribution >= 4 is 17.6 Å². The summed E-state index contributed by atoms with van der Waals surface area (Å²) in [7, 11) is 0. The van der Waals surface area contributed by atoms with Crippen LogP contribution < -0.4 is 5.32 Å². The fraction of sp³-hybridized carbons (Fsp3) is 0.200. The zero-order valence-corrected chi connectivity index (χ0v) is 8.42. The average molecular weight is 229 g/mol. The molecular weight excluding hydrogens is 220 g/mol. The predicted octanol–water partition coefficient (Wildman–Crippen LogP) is 1.47. The summed E-state index contributed by atoms with van der Waals surface area (Å²) in [6.45, 7) is 1.55. The lowest BCUT2D eigenvalue weighted by molar-refractivity contribution is -0.152. The molecule has 0 heterocycles. The van der Waals surface area contributed by atoms with Crippen molar-refractivity contribution in [3.8, 4) is 0 Å². The second kappa shape index (κ2) is 5.20. The summed E-state index contributed by atoms with van der Waals surface area (Å²) in [5, 5.41) is 1.91. The topological polar surface area (TPSA) is 55.4 Å². The van der Waals surface area contributed by atoms with Crippen molar-refractivity contribution in [2.75, 3.05) is 11.9 Å². The fourth-order valence-corrected chi connectivity index (χ4v) is 0.963. The van der Waals surface area contributed by atoms with Crippen molar-refractivity contribution in [2.45, 2.75) is 6.92 Å². The average Bonchev–Trinajstić information content (AvgIpc) is 2.23. The first-order valence-electron chi connectivity index (χ1n) is 4.47. The van der Waals surface area contributed by atoms with Crippen LogP contribution in [0.5, 0.6) is 0 Å². The smallest absolute Gasteiger partial charge is 0.397 e. The second-order valence-electron chi connectivity index (χ2n) is 2.80. The molecule has 1 aromatic carbocycles. The van der Waals surface area contributed by atoms with Crippen LogP contribution in [-0.4, -0.2) is 18.5 Å². The van der Waals surface area contributed by atoms with Gasteiger partial charge in [-0.1, -0.05) is 0 Å². The van der Waals surface area contributed by atoms with Gasteiger partial charge in [0.1, 0.15) is 11.6 Å². The Morgan fingerprint density at radius 2 is 2.06 bits per heavy atom. The van der Waals surface area contributed by atoms with Gasteiger partial charge in [-0.2, -0.15) is 0 Å². The standard InChI is InChI=1S/C10H9F2NO3/c1-2-16-10(15)9(14)13-8-5-6(11)3-4-7(8)12/h3-5H,2H2,1H3,(H,13,14). The van der Waals surface area contributed by atoms with E-state index < -0.39 is 29.2 Å². The minimum absolute atomic E-state index is 0.0257. The van der Waals surface area contributed by atoms with E-state index in [4.69, 9.17) is 0 Å². The van der Waals surface area contributed by atoms with Crippen LogP contribution in [0.2, 0.25) is 0 Å². The molecule has 4 nitrogen and oxygen atoms in total. The highest BCUT2D eigenvalue weighted by molar-refractivity contribution is 6.37. The van der Waals surface area contributed by atoms with Crippen molar-refractivity contribution < 1.29 is 23.1 Å². The van der Waals surface area contributed by atoms with E-state index in [-0.39, 0.29) is 6.61 Å². The van der Waals surface area contributed by atoms with E-state index in [1.165, 1.54) is 6.92 Å². The largest absolute Gasteiger partial charge is 0.459 e. The van der Waals surface area contributed by atoms with Gasteiger partial charge in [-0.25, -0.2) is 13.6 Å². The first-order valence-corrected chi connectivity index (χ1v) is 4.47. The van der Waals surface area contributed by atoms with Gasteiger partial charge >= 0.3 is 11.9 Å². The lowest BCUT2D eigenvalue weighted by Crippen LogP contribution is -2.25. The monoisotopic (exact) mass is 229 g/mol.